The molecular weight excluding hydrogens is 315 g/mol. The molecule has 0 radical (unpaired) electrons. The van der Waals surface area contributed by atoms with Gasteiger partial charge in [0.15, 0.2) is 0 Å². The summed E-state index contributed by atoms with van der Waals surface area (Å²) in [7, 11) is 0. The third-order valence-electron chi connectivity index (χ3n) is 4.85. The first-order chi connectivity index (χ1) is 12.1. The van der Waals surface area contributed by atoms with Gasteiger partial charge in [0, 0.05) is 30.9 Å². The van der Waals surface area contributed by atoms with Crippen molar-refractivity contribution in [2.45, 2.75) is 32.6 Å². The number of nitrogens with zero attached hydrogens (tertiary/aromatic N) is 1. The normalized spacial score (nSPS) is 15.2. The predicted octanol–water partition coefficient (Wildman–Crippen LogP) is 4.63. The maximum Gasteiger partial charge on any atom is 0.224 e. The van der Waals surface area contributed by atoms with E-state index < -0.39 is 0 Å². The highest BCUT2D eigenvalue weighted by atomic mass is 19.1. The molecule has 2 aromatic carbocycles. The van der Waals surface area contributed by atoms with Crippen LogP contribution in [-0.2, 0) is 11.2 Å². The van der Waals surface area contributed by atoms with Gasteiger partial charge in [-0.1, -0.05) is 19.1 Å². The van der Waals surface area contributed by atoms with E-state index in [2.05, 4.69) is 29.3 Å². The van der Waals surface area contributed by atoms with Crippen LogP contribution in [0.1, 0.15) is 31.7 Å². The molecule has 1 heterocycles. The molecule has 0 spiro atoms. The van der Waals surface area contributed by atoms with Crippen LogP contribution >= 0.6 is 0 Å². The number of hydrogen-bond acceptors (Lipinski definition) is 2. The summed E-state index contributed by atoms with van der Waals surface area (Å²) in [6.45, 7) is 4.51. The summed E-state index contributed by atoms with van der Waals surface area (Å²) in [6.07, 6.45) is 3.47. The number of piperidine rings is 1. The smallest absolute Gasteiger partial charge is 0.224 e. The van der Waals surface area contributed by atoms with Gasteiger partial charge >= 0.3 is 0 Å². The Balaban J connectivity index is 1.49. The van der Waals surface area contributed by atoms with E-state index in [9.17, 15) is 9.18 Å². The van der Waals surface area contributed by atoms with Gasteiger partial charge in [-0.2, -0.15) is 0 Å². The van der Waals surface area contributed by atoms with Crippen molar-refractivity contribution in [3.8, 4) is 0 Å². The lowest BCUT2D eigenvalue weighted by Crippen LogP contribution is -2.32. The summed E-state index contributed by atoms with van der Waals surface area (Å²) >= 11 is 0. The Bertz CT molecular complexity index is 689. The minimum Gasteiger partial charge on any atom is -0.372 e. The average molecular weight is 340 g/mol. The maximum absolute atomic E-state index is 12.9. The van der Waals surface area contributed by atoms with Crippen LogP contribution in [0, 0.1) is 11.7 Å². The molecule has 4 heteroatoms. The molecule has 1 aliphatic rings. The Morgan fingerprint density at radius 2 is 1.72 bits per heavy atom. The summed E-state index contributed by atoms with van der Waals surface area (Å²) in [4.78, 5) is 14.5. The number of carbonyl (C=O) groups is 1. The van der Waals surface area contributed by atoms with Gasteiger partial charge in [-0.3, -0.25) is 4.79 Å². The first-order valence-corrected chi connectivity index (χ1v) is 8.99. The van der Waals surface area contributed by atoms with Gasteiger partial charge < -0.3 is 10.2 Å². The van der Waals surface area contributed by atoms with Crippen molar-refractivity contribution >= 4 is 17.3 Å². The number of carbonyl (C=O) groups excluding carboxylic acids is 1. The SMILES string of the molecule is CC1CCN(c2ccc(NC(=O)CCc3ccc(F)cc3)cc2)CC1. The minimum atomic E-state index is -0.253. The van der Waals surface area contributed by atoms with Gasteiger partial charge in [-0.15, -0.1) is 0 Å². The predicted molar refractivity (Wildman–Crippen MR) is 100 cm³/mol. The topological polar surface area (TPSA) is 32.3 Å². The van der Waals surface area contributed by atoms with Crippen LogP contribution < -0.4 is 10.2 Å². The quantitative estimate of drug-likeness (QED) is 0.860. The van der Waals surface area contributed by atoms with Crippen LogP contribution in [0.15, 0.2) is 48.5 Å². The van der Waals surface area contributed by atoms with E-state index in [-0.39, 0.29) is 11.7 Å². The summed E-state index contributed by atoms with van der Waals surface area (Å²) < 4.78 is 12.9. The molecule has 0 aliphatic carbocycles. The molecule has 0 aromatic heterocycles. The second kappa shape index (κ2) is 8.15. The first kappa shape index (κ1) is 17.5. The molecule has 1 saturated heterocycles. The Hall–Kier alpha value is -2.36. The van der Waals surface area contributed by atoms with Crippen LogP contribution in [0.4, 0.5) is 15.8 Å². The molecule has 1 aliphatic heterocycles. The molecule has 1 fully saturated rings. The number of anilines is 2. The van der Waals surface area contributed by atoms with Gasteiger partial charge in [0.2, 0.25) is 5.91 Å². The molecule has 3 nitrogen and oxygen atoms in total. The second-order valence-corrected chi connectivity index (χ2v) is 6.89. The fraction of sp³-hybridized carbons (Fsp3) is 0.381. The van der Waals surface area contributed by atoms with Crippen LogP contribution in [0.25, 0.3) is 0 Å². The number of rotatable bonds is 5. The molecule has 132 valence electrons. The van der Waals surface area contributed by atoms with E-state index in [0.717, 1.165) is 30.3 Å². The number of halogens is 1. The van der Waals surface area contributed by atoms with E-state index >= 15 is 0 Å². The largest absolute Gasteiger partial charge is 0.372 e. The molecule has 1 amide bonds. The van der Waals surface area contributed by atoms with Gasteiger partial charge in [0.05, 0.1) is 0 Å². The van der Waals surface area contributed by atoms with Crippen LogP contribution in [-0.4, -0.2) is 19.0 Å². The van der Waals surface area contributed by atoms with E-state index in [1.54, 1.807) is 12.1 Å². The maximum atomic E-state index is 12.9. The number of aryl methyl sites for hydroxylation is 1. The van der Waals surface area contributed by atoms with Crippen molar-refractivity contribution in [1.82, 2.24) is 0 Å². The van der Waals surface area contributed by atoms with Crippen molar-refractivity contribution in [3.63, 3.8) is 0 Å². The van der Waals surface area contributed by atoms with Crippen LogP contribution in [0.2, 0.25) is 0 Å². The molecule has 0 bridgehead atoms. The third-order valence-corrected chi connectivity index (χ3v) is 4.85. The molecule has 1 N–H and O–H groups in total. The molecule has 2 aromatic rings. The van der Waals surface area contributed by atoms with Gasteiger partial charge in [0.25, 0.3) is 0 Å². The molecule has 0 saturated carbocycles. The van der Waals surface area contributed by atoms with Gasteiger partial charge in [-0.25, -0.2) is 4.39 Å². The second-order valence-electron chi connectivity index (χ2n) is 6.89. The zero-order valence-electron chi connectivity index (χ0n) is 14.7. The van der Waals surface area contributed by atoms with Crippen LogP contribution in [0.3, 0.4) is 0 Å². The highest BCUT2D eigenvalue weighted by Crippen LogP contribution is 2.24. The Kier molecular flexibility index (Phi) is 5.69. The van der Waals surface area contributed by atoms with E-state index in [1.807, 2.05) is 12.1 Å². The molecule has 3 rings (SSSR count). The average Bonchev–Trinajstić information content (AvgIpc) is 2.63. The van der Waals surface area contributed by atoms with E-state index in [0.29, 0.717) is 12.8 Å². The fourth-order valence-electron chi connectivity index (χ4n) is 3.15. The number of amides is 1. The van der Waals surface area contributed by atoms with Gasteiger partial charge in [0.1, 0.15) is 5.82 Å². The highest BCUT2D eigenvalue weighted by molar-refractivity contribution is 5.91. The number of hydrogen-bond donors (Lipinski definition) is 1. The van der Waals surface area contributed by atoms with Gasteiger partial charge in [-0.05, 0) is 67.1 Å². The lowest BCUT2D eigenvalue weighted by molar-refractivity contribution is -0.116. The zero-order valence-corrected chi connectivity index (χ0v) is 14.7. The Morgan fingerprint density at radius 1 is 1.08 bits per heavy atom. The monoisotopic (exact) mass is 340 g/mol. The Morgan fingerprint density at radius 3 is 2.36 bits per heavy atom. The van der Waals surface area contributed by atoms with Crippen molar-refractivity contribution < 1.29 is 9.18 Å². The number of benzene rings is 2. The molecule has 0 atom stereocenters. The van der Waals surface area contributed by atoms with Crippen LogP contribution in [0.5, 0.6) is 0 Å². The Labute approximate surface area is 148 Å². The molecule has 0 unspecified atom stereocenters. The summed E-state index contributed by atoms with van der Waals surface area (Å²) in [5.74, 6) is 0.538. The van der Waals surface area contributed by atoms with Crippen molar-refractivity contribution in [3.05, 3.63) is 59.9 Å². The van der Waals surface area contributed by atoms with Crippen molar-refractivity contribution in [2.75, 3.05) is 23.3 Å². The third kappa shape index (κ3) is 5.05. The highest BCUT2D eigenvalue weighted by Gasteiger charge is 2.15. The lowest BCUT2D eigenvalue weighted by atomic mass is 9.99. The summed E-state index contributed by atoms with van der Waals surface area (Å²) in [5, 5.41) is 2.93. The van der Waals surface area contributed by atoms with E-state index in [1.165, 1.54) is 30.7 Å². The summed E-state index contributed by atoms with van der Waals surface area (Å²) in [6, 6.07) is 14.4. The number of nitrogens with one attached hydrogen (secondary N) is 1. The standard InChI is InChI=1S/C21H25FN2O/c1-16-12-14-24(15-13-16)20-9-7-19(8-10-20)23-21(25)11-4-17-2-5-18(22)6-3-17/h2-3,5-10,16H,4,11-15H2,1H3,(H,23,25). The molecular formula is C21H25FN2O. The minimum absolute atomic E-state index is 0.0242. The van der Waals surface area contributed by atoms with Crippen molar-refractivity contribution in [1.29, 1.82) is 0 Å². The first-order valence-electron chi connectivity index (χ1n) is 8.99. The molecule has 25 heavy (non-hydrogen) atoms. The van der Waals surface area contributed by atoms with Crippen molar-refractivity contribution in [2.24, 2.45) is 5.92 Å². The fourth-order valence-corrected chi connectivity index (χ4v) is 3.15. The zero-order chi connectivity index (χ0) is 17.6. The summed E-state index contributed by atoms with van der Waals surface area (Å²) in [5.41, 5.74) is 3.00. The lowest BCUT2D eigenvalue weighted by Gasteiger charge is -2.32. The van der Waals surface area contributed by atoms with E-state index in [4.69, 9.17) is 0 Å².